The van der Waals surface area contributed by atoms with Crippen LogP contribution in [-0.2, 0) is 6.54 Å². The van der Waals surface area contributed by atoms with Gasteiger partial charge in [0.1, 0.15) is 0 Å². The molecule has 0 radical (unpaired) electrons. The summed E-state index contributed by atoms with van der Waals surface area (Å²) in [6.07, 6.45) is 7.90. The summed E-state index contributed by atoms with van der Waals surface area (Å²) in [5.41, 5.74) is 2.54. The van der Waals surface area contributed by atoms with Gasteiger partial charge in [0.25, 0.3) is 0 Å². The van der Waals surface area contributed by atoms with Crippen LogP contribution in [0, 0.1) is 25.7 Å². The van der Waals surface area contributed by atoms with Gasteiger partial charge in [-0.05, 0) is 37.5 Å². The Hall–Kier alpha value is -0.740. The molecule has 0 saturated heterocycles. The Morgan fingerprint density at radius 1 is 1.00 bits per heavy atom. The van der Waals surface area contributed by atoms with Gasteiger partial charge in [-0.25, -0.2) is 4.57 Å². The second-order valence-corrected chi connectivity index (χ2v) is 7.20. The highest BCUT2D eigenvalue weighted by atomic mass is 79.9. The summed E-state index contributed by atoms with van der Waals surface area (Å²) in [5, 5.41) is 1.12. The second kappa shape index (κ2) is 15.8. The first-order valence-corrected chi connectivity index (χ1v) is 9.35. The van der Waals surface area contributed by atoms with Crippen molar-refractivity contribution in [2.24, 2.45) is 11.8 Å². The summed E-state index contributed by atoms with van der Waals surface area (Å²) in [4.78, 5) is 3.88. The third kappa shape index (κ3) is 16.1. The van der Waals surface area contributed by atoms with E-state index in [1.54, 1.807) is 6.20 Å². The SMILES string of the molecule is CC(C)CBr.Cc1ccc[n+](CC(C)C)c1.Cc1cccnc1.[Br-]. The lowest BCUT2D eigenvalue weighted by Gasteiger charge is -1.99. The van der Waals surface area contributed by atoms with Gasteiger partial charge in [0.2, 0.25) is 0 Å². The van der Waals surface area contributed by atoms with Crippen LogP contribution < -0.4 is 21.5 Å². The van der Waals surface area contributed by atoms with Crippen molar-refractivity contribution in [2.45, 2.75) is 48.1 Å². The van der Waals surface area contributed by atoms with Gasteiger partial charge < -0.3 is 17.0 Å². The molecule has 2 aromatic heterocycles. The minimum atomic E-state index is 0. The molecule has 0 aliphatic carbocycles. The molecule has 2 heterocycles. The largest absolute Gasteiger partial charge is 1.00 e. The van der Waals surface area contributed by atoms with Crippen molar-refractivity contribution >= 4 is 15.9 Å². The number of pyridine rings is 2. The van der Waals surface area contributed by atoms with Crippen LogP contribution >= 0.6 is 15.9 Å². The van der Waals surface area contributed by atoms with Gasteiger partial charge in [-0.1, -0.05) is 49.7 Å². The molecule has 0 amide bonds. The van der Waals surface area contributed by atoms with Crippen molar-refractivity contribution in [3.8, 4) is 0 Å². The number of nitrogens with zero attached hydrogens (tertiary/aromatic N) is 2. The predicted molar refractivity (Wildman–Crippen MR) is 104 cm³/mol. The van der Waals surface area contributed by atoms with Gasteiger partial charge in [0.15, 0.2) is 18.9 Å². The van der Waals surface area contributed by atoms with Crippen LogP contribution in [0.15, 0.2) is 49.1 Å². The van der Waals surface area contributed by atoms with E-state index in [0.717, 1.165) is 23.7 Å². The van der Waals surface area contributed by atoms with E-state index in [0.29, 0.717) is 0 Å². The van der Waals surface area contributed by atoms with Gasteiger partial charge in [-0.2, -0.15) is 0 Å². The van der Waals surface area contributed by atoms with Gasteiger partial charge in [-0.3, -0.25) is 4.98 Å². The van der Waals surface area contributed by atoms with Crippen LogP contribution in [0.4, 0.5) is 0 Å². The molecule has 4 heteroatoms. The summed E-state index contributed by atoms with van der Waals surface area (Å²) in [7, 11) is 0. The molecule has 0 spiro atoms. The fraction of sp³-hybridized carbons (Fsp3) is 0.500. The maximum absolute atomic E-state index is 3.88. The maximum Gasteiger partial charge on any atom is 0.171 e. The first-order chi connectivity index (χ1) is 10.8. The number of hydrogen-bond acceptors (Lipinski definition) is 1. The van der Waals surface area contributed by atoms with E-state index in [1.807, 2.05) is 25.3 Å². The van der Waals surface area contributed by atoms with E-state index in [1.165, 1.54) is 11.1 Å². The first-order valence-electron chi connectivity index (χ1n) is 8.23. The minimum absolute atomic E-state index is 0. The summed E-state index contributed by atoms with van der Waals surface area (Å²) in [6, 6.07) is 8.16. The standard InChI is InChI=1S/C10H16N.C6H7N.C4H9Br.BrH/c1-9(2)7-11-6-4-5-10(3)8-11;1-6-3-2-4-7-5-6;1-4(2)3-5;/h4-6,8-9H,7H2,1-3H3;2-5H,1H3;4H,3H2,1-2H3;1H/q+1;;;/p-1. The average Bonchev–Trinajstić information content (AvgIpc) is 2.48. The zero-order valence-corrected chi connectivity index (χ0v) is 19.0. The van der Waals surface area contributed by atoms with E-state index in [-0.39, 0.29) is 17.0 Å². The zero-order valence-electron chi connectivity index (χ0n) is 15.8. The van der Waals surface area contributed by atoms with Crippen molar-refractivity contribution in [3.63, 3.8) is 0 Å². The van der Waals surface area contributed by atoms with Crippen molar-refractivity contribution in [2.75, 3.05) is 5.33 Å². The lowest BCUT2D eigenvalue weighted by molar-refractivity contribution is -0.702. The number of alkyl halides is 1. The third-order valence-corrected chi connectivity index (χ3v) is 4.00. The molecule has 0 aromatic carbocycles. The molecule has 0 N–H and O–H groups in total. The van der Waals surface area contributed by atoms with Gasteiger partial charge in [0.05, 0.1) is 0 Å². The Balaban J connectivity index is 0. The normalized spacial score (nSPS) is 9.38. The monoisotopic (exact) mass is 458 g/mol. The van der Waals surface area contributed by atoms with E-state index < -0.39 is 0 Å². The van der Waals surface area contributed by atoms with Crippen molar-refractivity contribution < 1.29 is 21.5 Å². The van der Waals surface area contributed by atoms with Crippen LogP contribution in [0.25, 0.3) is 0 Å². The molecule has 2 aromatic rings. The van der Waals surface area contributed by atoms with E-state index in [4.69, 9.17) is 0 Å². The predicted octanol–water partition coefficient (Wildman–Crippen LogP) is 2.37. The number of hydrogen-bond donors (Lipinski definition) is 0. The van der Waals surface area contributed by atoms with Crippen LogP contribution in [0.3, 0.4) is 0 Å². The van der Waals surface area contributed by atoms with Gasteiger partial charge in [-0.15, -0.1) is 0 Å². The maximum atomic E-state index is 3.88. The number of aromatic nitrogens is 2. The van der Waals surface area contributed by atoms with E-state index in [9.17, 15) is 0 Å². The highest BCUT2D eigenvalue weighted by Gasteiger charge is 2.02. The number of halogens is 2. The number of aryl methyl sites for hydroxylation is 2. The van der Waals surface area contributed by atoms with Gasteiger partial charge in [0, 0.05) is 35.3 Å². The fourth-order valence-electron chi connectivity index (χ4n) is 1.64. The lowest BCUT2D eigenvalue weighted by Crippen LogP contribution is -3.00. The summed E-state index contributed by atoms with van der Waals surface area (Å²) < 4.78 is 2.24. The highest BCUT2D eigenvalue weighted by Crippen LogP contribution is 1.94. The molecule has 24 heavy (non-hydrogen) atoms. The van der Waals surface area contributed by atoms with Crippen LogP contribution in [-0.4, -0.2) is 10.3 Å². The quantitative estimate of drug-likeness (QED) is 0.508. The Morgan fingerprint density at radius 3 is 1.92 bits per heavy atom. The summed E-state index contributed by atoms with van der Waals surface area (Å²) in [6.45, 7) is 14.1. The molecule has 2 nitrogen and oxygen atoms in total. The topological polar surface area (TPSA) is 16.8 Å². The van der Waals surface area contributed by atoms with Crippen molar-refractivity contribution in [1.82, 2.24) is 4.98 Å². The van der Waals surface area contributed by atoms with E-state index in [2.05, 4.69) is 84.6 Å². The molecule has 0 aliphatic heterocycles. The number of rotatable bonds is 3. The molecule has 0 saturated carbocycles. The Kier molecular flexibility index (Phi) is 16.8. The molecule has 136 valence electrons. The van der Waals surface area contributed by atoms with Crippen LogP contribution in [0.1, 0.15) is 38.8 Å². The molecule has 2 rings (SSSR count). The third-order valence-electron chi connectivity index (χ3n) is 2.70. The molecule has 0 aliphatic rings. The molecular weight excluding hydrogens is 428 g/mol. The zero-order chi connectivity index (χ0) is 17.7. The van der Waals surface area contributed by atoms with Gasteiger partial charge >= 0.3 is 0 Å². The fourth-order valence-corrected chi connectivity index (χ4v) is 1.64. The molecule has 0 fully saturated rings. The Labute approximate surface area is 167 Å². The molecule has 0 bridgehead atoms. The van der Waals surface area contributed by atoms with E-state index >= 15 is 0 Å². The Bertz CT molecular complexity index is 514. The second-order valence-electron chi connectivity index (χ2n) is 6.55. The minimum Gasteiger partial charge on any atom is -1.00 e. The summed E-state index contributed by atoms with van der Waals surface area (Å²) >= 11 is 3.31. The smallest absolute Gasteiger partial charge is 0.171 e. The molecule has 0 unspecified atom stereocenters. The molecule has 0 atom stereocenters. The average molecular weight is 460 g/mol. The molecular formula is C20H32Br2N2. The first kappa shape index (κ1) is 25.5. The van der Waals surface area contributed by atoms with Crippen LogP contribution in [0.2, 0.25) is 0 Å². The van der Waals surface area contributed by atoms with Crippen molar-refractivity contribution in [1.29, 1.82) is 0 Å². The van der Waals surface area contributed by atoms with Crippen LogP contribution in [0.5, 0.6) is 0 Å². The van der Waals surface area contributed by atoms with Crippen molar-refractivity contribution in [3.05, 3.63) is 60.2 Å². The highest BCUT2D eigenvalue weighted by molar-refractivity contribution is 9.09. The Morgan fingerprint density at radius 2 is 1.58 bits per heavy atom. The summed E-state index contributed by atoms with van der Waals surface area (Å²) in [5.74, 6) is 1.52. The lowest BCUT2D eigenvalue weighted by atomic mass is 10.2.